The molecule has 0 bridgehead atoms. The van der Waals surface area contributed by atoms with Crippen molar-refractivity contribution in [3.63, 3.8) is 0 Å². The Labute approximate surface area is 109 Å². The van der Waals surface area contributed by atoms with Crippen LogP contribution in [-0.4, -0.2) is 16.0 Å². The second kappa shape index (κ2) is 6.08. The molecule has 6 heteroatoms. The van der Waals surface area contributed by atoms with Crippen LogP contribution in [0.2, 0.25) is 0 Å². The topological polar surface area (TPSA) is 68.0 Å². The summed E-state index contributed by atoms with van der Waals surface area (Å²) in [5.41, 5.74) is 0.724. The molecular weight excluding hydrogens is 249 g/mol. The van der Waals surface area contributed by atoms with E-state index in [0.29, 0.717) is 24.7 Å². The first-order valence-electron chi connectivity index (χ1n) is 5.94. The Morgan fingerprint density at radius 2 is 2.32 bits per heavy atom. The van der Waals surface area contributed by atoms with Gasteiger partial charge in [-0.25, -0.2) is 4.39 Å². The summed E-state index contributed by atoms with van der Waals surface area (Å²) < 4.78 is 17.8. The Bertz CT molecular complexity index is 569. The lowest BCUT2D eigenvalue weighted by Gasteiger charge is -2.04. The van der Waals surface area contributed by atoms with Crippen molar-refractivity contribution in [3.8, 4) is 0 Å². The number of hydrogen-bond donors (Lipinski definition) is 1. The lowest BCUT2D eigenvalue weighted by atomic mass is 10.2. The Kier molecular flexibility index (Phi) is 4.22. The Morgan fingerprint density at radius 3 is 3.00 bits per heavy atom. The Balaban J connectivity index is 1.75. The highest BCUT2D eigenvalue weighted by atomic mass is 19.1. The number of halogens is 1. The molecule has 0 unspecified atom stereocenters. The fraction of sp³-hybridized carbons (Fsp3) is 0.308. The highest BCUT2D eigenvalue weighted by molar-refractivity contribution is 5.75. The highest BCUT2D eigenvalue weighted by Crippen LogP contribution is 2.04. The average Bonchev–Trinajstić information content (AvgIpc) is 2.80. The normalized spacial score (nSPS) is 10.4. The summed E-state index contributed by atoms with van der Waals surface area (Å²) in [7, 11) is 0. The maximum absolute atomic E-state index is 12.9. The minimum Gasteiger partial charge on any atom is -0.352 e. The minimum atomic E-state index is -0.312. The van der Waals surface area contributed by atoms with E-state index < -0.39 is 0 Å². The van der Waals surface area contributed by atoms with Crippen LogP contribution in [0.3, 0.4) is 0 Å². The molecule has 0 aliphatic carbocycles. The second-order valence-electron chi connectivity index (χ2n) is 4.14. The van der Waals surface area contributed by atoms with Crippen molar-refractivity contribution in [1.82, 2.24) is 15.5 Å². The van der Waals surface area contributed by atoms with E-state index in [1.807, 2.05) is 0 Å². The van der Waals surface area contributed by atoms with Gasteiger partial charge in [-0.2, -0.15) is 4.98 Å². The fourth-order valence-corrected chi connectivity index (χ4v) is 1.60. The number of aromatic nitrogens is 2. The number of nitrogens with one attached hydrogen (secondary N) is 1. The van der Waals surface area contributed by atoms with E-state index in [9.17, 15) is 9.18 Å². The third-order valence-corrected chi connectivity index (χ3v) is 2.51. The number of carbonyl (C=O) groups excluding carboxylic acids is 1. The third kappa shape index (κ3) is 4.17. The smallest absolute Gasteiger partial charge is 0.227 e. The number of rotatable bonds is 5. The predicted octanol–water partition coefficient (Wildman–Crippen LogP) is 1.77. The molecule has 1 N–H and O–H groups in total. The van der Waals surface area contributed by atoms with Crippen LogP contribution < -0.4 is 5.32 Å². The first-order valence-corrected chi connectivity index (χ1v) is 5.94. The van der Waals surface area contributed by atoms with Crippen LogP contribution in [0.4, 0.5) is 4.39 Å². The van der Waals surface area contributed by atoms with Gasteiger partial charge in [-0.15, -0.1) is 0 Å². The maximum Gasteiger partial charge on any atom is 0.227 e. The first-order chi connectivity index (χ1) is 9.13. The van der Waals surface area contributed by atoms with E-state index in [-0.39, 0.29) is 18.1 Å². The van der Waals surface area contributed by atoms with Gasteiger partial charge in [0.2, 0.25) is 11.8 Å². The van der Waals surface area contributed by atoms with Crippen molar-refractivity contribution in [2.24, 2.45) is 0 Å². The molecule has 1 heterocycles. The number of amides is 1. The molecule has 0 spiro atoms. The van der Waals surface area contributed by atoms with Crippen molar-refractivity contribution in [1.29, 1.82) is 0 Å². The molecule has 0 radical (unpaired) electrons. The molecule has 19 heavy (non-hydrogen) atoms. The van der Waals surface area contributed by atoms with E-state index in [0.717, 1.165) is 5.56 Å². The Hall–Kier alpha value is -2.24. The van der Waals surface area contributed by atoms with Gasteiger partial charge < -0.3 is 9.84 Å². The quantitative estimate of drug-likeness (QED) is 0.892. The summed E-state index contributed by atoms with van der Waals surface area (Å²) in [5, 5.41) is 6.35. The van der Waals surface area contributed by atoms with Crippen LogP contribution in [0.5, 0.6) is 0 Å². The summed E-state index contributed by atoms with van der Waals surface area (Å²) >= 11 is 0. The van der Waals surface area contributed by atoms with Gasteiger partial charge in [0.15, 0.2) is 5.82 Å². The van der Waals surface area contributed by atoms with Crippen LogP contribution in [0.25, 0.3) is 0 Å². The largest absolute Gasteiger partial charge is 0.352 e. The van der Waals surface area contributed by atoms with Crippen LogP contribution in [0.15, 0.2) is 28.8 Å². The standard InChI is InChI=1S/C13H14FN3O2/c1-9-16-13(19-17-9)6-5-12(18)15-8-10-3-2-4-11(14)7-10/h2-4,7H,5-6,8H2,1H3,(H,15,18). The molecule has 2 aromatic rings. The van der Waals surface area contributed by atoms with Crippen LogP contribution in [0, 0.1) is 12.7 Å². The van der Waals surface area contributed by atoms with Gasteiger partial charge in [0, 0.05) is 19.4 Å². The summed E-state index contributed by atoms with van der Waals surface area (Å²) in [5.74, 6) is 0.543. The molecule has 2 rings (SSSR count). The Morgan fingerprint density at radius 1 is 1.47 bits per heavy atom. The van der Waals surface area contributed by atoms with Crippen molar-refractivity contribution in [2.45, 2.75) is 26.3 Å². The fourth-order valence-electron chi connectivity index (χ4n) is 1.60. The summed E-state index contributed by atoms with van der Waals surface area (Å²) in [6, 6.07) is 6.12. The average molecular weight is 263 g/mol. The molecule has 0 aliphatic heterocycles. The van der Waals surface area contributed by atoms with Gasteiger partial charge in [-0.3, -0.25) is 4.79 Å². The van der Waals surface area contributed by atoms with E-state index >= 15 is 0 Å². The third-order valence-electron chi connectivity index (χ3n) is 2.51. The van der Waals surface area contributed by atoms with Gasteiger partial charge in [-0.1, -0.05) is 17.3 Å². The molecule has 0 saturated heterocycles. The van der Waals surface area contributed by atoms with Crippen molar-refractivity contribution >= 4 is 5.91 Å². The summed E-state index contributed by atoms with van der Waals surface area (Å²) in [6.45, 7) is 2.02. The zero-order chi connectivity index (χ0) is 13.7. The van der Waals surface area contributed by atoms with Gasteiger partial charge >= 0.3 is 0 Å². The number of hydrogen-bond acceptors (Lipinski definition) is 4. The molecule has 1 aromatic carbocycles. The van der Waals surface area contributed by atoms with E-state index in [4.69, 9.17) is 4.52 Å². The van der Waals surface area contributed by atoms with Crippen molar-refractivity contribution in [3.05, 3.63) is 47.4 Å². The first kappa shape index (κ1) is 13.2. The maximum atomic E-state index is 12.9. The molecule has 0 fully saturated rings. The van der Waals surface area contributed by atoms with Gasteiger partial charge in [0.25, 0.3) is 0 Å². The van der Waals surface area contributed by atoms with Crippen molar-refractivity contribution < 1.29 is 13.7 Å². The lowest BCUT2D eigenvalue weighted by molar-refractivity contribution is -0.121. The lowest BCUT2D eigenvalue weighted by Crippen LogP contribution is -2.23. The van der Waals surface area contributed by atoms with E-state index in [1.54, 1.807) is 19.1 Å². The zero-order valence-electron chi connectivity index (χ0n) is 10.5. The van der Waals surface area contributed by atoms with Gasteiger partial charge in [0.1, 0.15) is 5.82 Å². The van der Waals surface area contributed by atoms with Crippen LogP contribution >= 0.6 is 0 Å². The molecule has 0 aliphatic rings. The van der Waals surface area contributed by atoms with Crippen LogP contribution in [-0.2, 0) is 17.8 Å². The van der Waals surface area contributed by atoms with Crippen LogP contribution in [0.1, 0.15) is 23.7 Å². The highest BCUT2D eigenvalue weighted by Gasteiger charge is 2.07. The molecule has 5 nitrogen and oxygen atoms in total. The monoisotopic (exact) mass is 263 g/mol. The zero-order valence-corrected chi connectivity index (χ0v) is 10.5. The van der Waals surface area contributed by atoms with Crippen molar-refractivity contribution in [2.75, 3.05) is 0 Å². The second-order valence-corrected chi connectivity index (χ2v) is 4.14. The summed E-state index contributed by atoms with van der Waals surface area (Å²) in [4.78, 5) is 15.6. The molecule has 1 amide bonds. The number of benzene rings is 1. The minimum absolute atomic E-state index is 0.139. The number of carbonyl (C=O) groups is 1. The van der Waals surface area contributed by atoms with E-state index in [2.05, 4.69) is 15.5 Å². The SMILES string of the molecule is Cc1noc(CCC(=O)NCc2cccc(F)c2)n1. The molecule has 100 valence electrons. The number of nitrogens with zero attached hydrogens (tertiary/aromatic N) is 2. The molecule has 0 saturated carbocycles. The number of aryl methyl sites for hydroxylation is 2. The molecule has 0 atom stereocenters. The summed E-state index contributed by atoms with van der Waals surface area (Å²) in [6.07, 6.45) is 0.659. The van der Waals surface area contributed by atoms with Gasteiger partial charge in [0.05, 0.1) is 0 Å². The molecular formula is C13H14FN3O2. The van der Waals surface area contributed by atoms with E-state index in [1.165, 1.54) is 12.1 Å². The predicted molar refractivity (Wildman–Crippen MR) is 65.6 cm³/mol. The molecule has 1 aromatic heterocycles. The van der Waals surface area contributed by atoms with Gasteiger partial charge in [-0.05, 0) is 24.6 Å².